The van der Waals surface area contributed by atoms with Crippen molar-refractivity contribution in [3.63, 3.8) is 0 Å². The molecule has 1 aliphatic heterocycles. The quantitative estimate of drug-likeness (QED) is 0.215. The first kappa shape index (κ1) is 30.4. The summed E-state index contributed by atoms with van der Waals surface area (Å²) in [5.41, 5.74) is 0.429. The third-order valence-electron chi connectivity index (χ3n) is 8.96. The molecule has 2 amide bonds. The molecule has 1 unspecified atom stereocenters. The first-order valence-corrected chi connectivity index (χ1v) is 14.4. The molecule has 1 saturated heterocycles. The minimum atomic E-state index is -4.69. The van der Waals surface area contributed by atoms with Gasteiger partial charge in [-0.2, -0.15) is 13.2 Å². The highest BCUT2D eigenvalue weighted by Crippen LogP contribution is 2.59. The number of nitrogens with zero attached hydrogens (tertiary/aromatic N) is 5. The van der Waals surface area contributed by atoms with Crippen LogP contribution in [0.15, 0.2) is 36.8 Å². The van der Waals surface area contributed by atoms with Crippen molar-refractivity contribution in [2.24, 2.45) is 5.41 Å². The lowest BCUT2D eigenvalue weighted by Gasteiger charge is -2.27. The first-order chi connectivity index (χ1) is 21.1. The van der Waals surface area contributed by atoms with Gasteiger partial charge in [0.15, 0.2) is 5.78 Å². The van der Waals surface area contributed by atoms with Crippen LogP contribution in [0.25, 0.3) is 22.0 Å². The highest BCUT2D eigenvalue weighted by Gasteiger charge is 2.64. The minimum absolute atomic E-state index is 0.218. The summed E-state index contributed by atoms with van der Waals surface area (Å²) in [7, 11) is 0. The van der Waals surface area contributed by atoms with Crippen molar-refractivity contribution >= 4 is 34.3 Å². The second-order valence-corrected chi connectivity index (χ2v) is 12.2. The van der Waals surface area contributed by atoms with Gasteiger partial charge in [0.2, 0.25) is 11.8 Å². The topological polar surface area (TPSA) is 110 Å². The fourth-order valence-electron chi connectivity index (χ4n) is 6.40. The molecular formula is C32H30F4N6O3. The van der Waals surface area contributed by atoms with Crippen LogP contribution in [-0.2, 0) is 22.3 Å². The molecule has 6 rings (SSSR count). The van der Waals surface area contributed by atoms with E-state index in [1.165, 1.54) is 48.0 Å². The summed E-state index contributed by atoms with van der Waals surface area (Å²) >= 11 is 0. The van der Waals surface area contributed by atoms with Gasteiger partial charge in [0.1, 0.15) is 35.7 Å². The molecule has 0 bridgehead atoms. The average molecular weight is 623 g/mol. The third kappa shape index (κ3) is 5.23. The molecule has 234 valence electrons. The Hall–Kier alpha value is -4.68. The average Bonchev–Trinajstić information content (AvgIpc) is 3.32. The van der Waals surface area contributed by atoms with Crippen LogP contribution in [0.5, 0.6) is 0 Å². The number of rotatable bonds is 6. The van der Waals surface area contributed by atoms with Crippen molar-refractivity contribution < 1.29 is 31.9 Å². The number of hydrogen-bond donors (Lipinski definition) is 1. The number of likely N-dealkylation sites (tertiary alicyclic amines) is 1. The van der Waals surface area contributed by atoms with Crippen LogP contribution in [0.3, 0.4) is 0 Å². The Labute approximate surface area is 255 Å². The number of benzene rings is 1. The zero-order valence-electron chi connectivity index (χ0n) is 25.2. The van der Waals surface area contributed by atoms with Crippen molar-refractivity contribution in [1.82, 2.24) is 24.4 Å². The van der Waals surface area contributed by atoms with Crippen LogP contribution in [0.1, 0.15) is 59.7 Å². The highest BCUT2D eigenvalue weighted by molar-refractivity contribution is 6.09. The number of halogens is 4. The zero-order chi connectivity index (χ0) is 32.6. The predicted molar refractivity (Wildman–Crippen MR) is 157 cm³/mol. The highest BCUT2D eigenvalue weighted by atomic mass is 19.4. The molecule has 4 aromatic rings. The maximum atomic E-state index is 15.8. The van der Waals surface area contributed by atoms with Crippen LogP contribution in [0.4, 0.5) is 23.4 Å². The normalized spacial score (nSPS) is 20.8. The molecule has 1 aromatic carbocycles. The van der Waals surface area contributed by atoms with Crippen LogP contribution < -0.4 is 5.32 Å². The van der Waals surface area contributed by atoms with Crippen molar-refractivity contribution in [3.8, 4) is 11.1 Å². The molecule has 0 radical (unpaired) electrons. The number of aryl methyl sites for hydroxylation is 3. The van der Waals surface area contributed by atoms with Crippen LogP contribution >= 0.6 is 0 Å². The fraction of sp³-hybridized carbons (Fsp3) is 0.375. The fourth-order valence-corrected chi connectivity index (χ4v) is 6.40. The van der Waals surface area contributed by atoms with Gasteiger partial charge in [0, 0.05) is 52.3 Å². The van der Waals surface area contributed by atoms with E-state index >= 15 is 4.39 Å². The predicted octanol–water partition coefficient (Wildman–Crippen LogP) is 5.80. The number of ketones is 1. The molecular weight excluding hydrogens is 592 g/mol. The Balaban J connectivity index is 1.33. The smallest absolute Gasteiger partial charge is 0.337 e. The van der Waals surface area contributed by atoms with E-state index in [2.05, 4.69) is 20.3 Å². The van der Waals surface area contributed by atoms with E-state index in [4.69, 9.17) is 0 Å². The number of amides is 2. The molecule has 3 aromatic heterocycles. The zero-order valence-corrected chi connectivity index (χ0v) is 25.2. The number of pyridine rings is 1. The number of nitrogens with one attached hydrogen (secondary N) is 1. The van der Waals surface area contributed by atoms with Crippen molar-refractivity contribution in [1.29, 1.82) is 0 Å². The van der Waals surface area contributed by atoms with Gasteiger partial charge >= 0.3 is 6.18 Å². The Bertz CT molecular complexity index is 1900. The third-order valence-corrected chi connectivity index (χ3v) is 8.96. The minimum Gasteiger partial charge on any atom is -0.337 e. The molecule has 13 heteroatoms. The monoisotopic (exact) mass is 622 g/mol. The van der Waals surface area contributed by atoms with E-state index in [1.54, 1.807) is 19.9 Å². The lowest BCUT2D eigenvalue weighted by atomic mass is 9.99. The van der Waals surface area contributed by atoms with E-state index in [9.17, 15) is 27.6 Å². The van der Waals surface area contributed by atoms with E-state index < -0.39 is 35.5 Å². The number of aromatic nitrogens is 4. The van der Waals surface area contributed by atoms with Gasteiger partial charge < -0.3 is 14.8 Å². The van der Waals surface area contributed by atoms with Gasteiger partial charge in [-0.05, 0) is 63.6 Å². The Morgan fingerprint density at radius 3 is 2.42 bits per heavy atom. The van der Waals surface area contributed by atoms with E-state index in [-0.39, 0.29) is 40.7 Å². The largest absolute Gasteiger partial charge is 0.433 e. The second-order valence-electron chi connectivity index (χ2n) is 12.2. The van der Waals surface area contributed by atoms with Gasteiger partial charge in [-0.3, -0.25) is 14.4 Å². The molecule has 45 heavy (non-hydrogen) atoms. The van der Waals surface area contributed by atoms with E-state index in [0.29, 0.717) is 46.3 Å². The Morgan fingerprint density at radius 1 is 1.09 bits per heavy atom. The van der Waals surface area contributed by atoms with E-state index in [1.807, 2.05) is 6.92 Å². The molecule has 2 fully saturated rings. The molecule has 9 nitrogen and oxygen atoms in total. The molecule has 0 spiro atoms. The summed E-state index contributed by atoms with van der Waals surface area (Å²) in [6.45, 7) is 7.86. The van der Waals surface area contributed by atoms with Crippen LogP contribution in [0, 0.1) is 32.0 Å². The molecule has 4 heterocycles. The Kier molecular flexibility index (Phi) is 7.05. The number of fused-ring (bicyclic) bond motifs is 2. The van der Waals surface area contributed by atoms with Crippen molar-refractivity contribution in [2.45, 2.75) is 72.3 Å². The lowest BCUT2D eigenvalue weighted by Crippen LogP contribution is -2.46. The number of alkyl halides is 3. The van der Waals surface area contributed by atoms with Crippen LogP contribution in [-0.4, -0.2) is 54.1 Å². The van der Waals surface area contributed by atoms with Gasteiger partial charge in [0.25, 0.3) is 0 Å². The second kappa shape index (κ2) is 10.5. The molecule has 2 aliphatic rings. The summed E-state index contributed by atoms with van der Waals surface area (Å²) in [5.74, 6) is -1.60. The first-order valence-electron chi connectivity index (χ1n) is 14.4. The molecule has 1 saturated carbocycles. The summed E-state index contributed by atoms with van der Waals surface area (Å²) < 4.78 is 57.2. The Morgan fingerprint density at radius 2 is 1.78 bits per heavy atom. The molecule has 3 atom stereocenters. The van der Waals surface area contributed by atoms with Gasteiger partial charge in [0.05, 0.1) is 5.52 Å². The summed E-state index contributed by atoms with van der Waals surface area (Å²) in [4.78, 5) is 53.4. The standard InChI is InChI=1S/C32H30F4N6O3/c1-15-6-7-24(32(34,35)36)39-29(15)40-30(45)23-9-31(5)10-25(31)42(23)26(44)14-41-13-22(17(3)43)21-8-20(27(33)16(2)28(21)41)19-11-37-18(4)38-12-19/h6-8,11-13,23,25H,9-10,14H2,1-5H3,(H,39,40,45)/t23-,25?,31-/m0/s1. The maximum Gasteiger partial charge on any atom is 0.433 e. The van der Waals surface area contributed by atoms with E-state index in [0.717, 1.165) is 6.07 Å². The van der Waals surface area contributed by atoms with Gasteiger partial charge in [-0.15, -0.1) is 0 Å². The molecule has 1 N–H and O–H groups in total. The maximum absolute atomic E-state index is 15.8. The SMILES string of the molecule is CC(=O)c1cn(CC(=O)N2C3C[C@]3(C)C[C@H]2C(=O)Nc2nc(C(F)(F)F)ccc2C)c2c(C)c(F)c(-c3cnc(C)nc3)cc12. The van der Waals surface area contributed by atoms with Crippen molar-refractivity contribution in [3.05, 3.63) is 70.8 Å². The van der Waals surface area contributed by atoms with Gasteiger partial charge in [-0.1, -0.05) is 13.0 Å². The number of piperidine rings is 1. The number of hydrogen-bond acceptors (Lipinski definition) is 6. The molecule has 1 aliphatic carbocycles. The number of carbonyl (C=O) groups excluding carboxylic acids is 3. The number of anilines is 1. The lowest BCUT2D eigenvalue weighted by molar-refractivity contribution is -0.141. The number of Topliss-reactive ketones (excluding diaryl/α,β-unsaturated/α-hetero) is 1. The number of carbonyl (C=O) groups is 3. The summed E-state index contributed by atoms with van der Waals surface area (Å²) in [5, 5.41) is 2.97. The van der Waals surface area contributed by atoms with Gasteiger partial charge in [-0.25, -0.2) is 19.3 Å². The summed E-state index contributed by atoms with van der Waals surface area (Å²) in [6.07, 6.45) is 0.823. The van der Waals surface area contributed by atoms with Crippen molar-refractivity contribution in [2.75, 3.05) is 5.32 Å². The summed E-state index contributed by atoms with van der Waals surface area (Å²) in [6, 6.07) is 2.43. The van der Waals surface area contributed by atoms with Crippen LogP contribution in [0.2, 0.25) is 0 Å².